The number of hydrazone groups is 1. The predicted octanol–water partition coefficient (Wildman–Crippen LogP) is 4.32. The second kappa shape index (κ2) is 5.69. The summed E-state index contributed by atoms with van der Waals surface area (Å²) in [6.45, 7) is 4.06. The van der Waals surface area contributed by atoms with Gasteiger partial charge in [0.25, 0.3) is 0 Å². The van der Waals surface area contributed by atoms with Crippen molar-refractivity contribution in [2.75, 3.05) is 5.43 Å². The molecule has 0 saturated carbocycles. The van der Waals surface area contributed by atoms with Crippen molar-refractivity contribution in [3.63, 3.8) is 0 Å². The molecule has 0 aliphatic carbocycles. The third-order valence-corrected chi connectivity index (χ3v) is 2.96. The Hall–Kier alpha value is -1.80. The molecule has 0 fully saturated rings. The molecule has 1 N–H and O–H groups in total. The molecular formula is C15H15ClN2. The lowest BCUT2D eigenvalue weighted by molar-refractivity contribution is 1.32. The first kappa shape index (κ1) is 12.7. The lowest BCUT2D eigenvalue weighted by atomic mass is 10.1. The number of rotatable bonds is 3. The summed E-state index contributed by atoms with van der Waals surface area (Å²) in [5.74, 6) is 0. The van der Waals surface area contributed by atoms with Crippen LogP contribution in [0.2, 0.25) is 0 Å². The molecule has 0 saturated heterocycles. The van der Waals surface area contributed by atoms with Crippen LogP contribution in [0.15, 0.2) is 53.6 Å². The molecule has 2 aromatic rings. The Kier molecular flexibility index (Phi) is 4.00. The molecule has 0 aliphatic rings. The molecule has 2 nitrogen and oxygen atoms in total. The van der Waals surface area contributed by atoms with Crippen LogP contribution in [0.1, 0.15) is 16.7 Å². The first-order valence-electron chi connectivity index (χ1n) is 5.78. The van der Waals surface area contributed by atoms with E-state index in [4.69, 9.17) is 11.6 Å². The van der Waals surface area contributed by atoms with Gasteiger partial charge < -0.3 is 0 Å². The van der Waals surface area contributed by atoms with E-state index in [9.17, 15) is 0 Å². The van der Waals surface area contributed by atoms with Gasteiger partial charge in [0, 0.05) is 5.56 Å². The molecule has 3 heteroatoms. The average molecular weight is 259 g/mol. The Labute approximate surface area is 112 Å². The van der Waals surface area contributed by atoms with E-state index in [1.165, 1.54) is 5.56 Å². The second-order valence-corrected chi connectivity index (χ2v) is 4.56. The number of benzene rings is 2. The van der Waals surface area contributed by atoms with Crippen molar-refractivity contribution >= 4 is 22.5 Å². The lowest BCUT2D eigenvalue weighted by Gasteiger charge is -2.06. The van der Waals surface area contributed by atoms with Crippen molar-refractivity contribution in [3.05, 3.63) is 65.2 Å². The van der Waals surface area contributed by atoms with Gasteiger partial charge in [0.05, 0.1) is 5.69 Å². The molecule has 2 aromatic carbocycles. The van der Waals surface area contributed by atoms with Crippen LogP contribution < -0.4 is 5.43 Å². The molecule has 18 heavy (non-hydrogen) atoms. The minimum Gasteiger partial charge on any atom is -0.277 e. The minimum absolute atomic E-state index is 0.472. The fraction of sp³-hybridized carbons (Fsp3) is 0.133. The standard InChI is InChI=1S/C15H15ClN2/c1-11-8-9-12(2)14(10-11)15(16)18-17-13-6-4-3-5-7-13/h3-10,17H,1-2H3/b18-15-. The van der Waals surface area contributed by atoms with Gasteiger partial charge in [-0.15, -0.1) is 0 Å². The van der Waals surface area contributed by atoms with E-state index >= 15 is 0 Å². The number of hydrogen-bond acceptors (Lipinski definition) is 2. The number of para-hydroxylation sites is 1. The SMILES string of the molecule is Cc1ccc(C)c(/C(Cl)=N/Nc2ccccc2)c1. The highest BCUT2D eigenvalue weighted by atomic mass is 35.5. The van der Waals surface area contributed by atoms with E-state index in [0.717, 1.165) is 16.8 Å². The topological polar surface area (TPSA) is 24.4 Å². The van der Waals surface area contributed by atoms with Crippen LogP contribution in [0.25, 0.3) is 0 Å². The molecule has 0 aliphatic heterocycles. The highest BCUT2D eigenvalue weighted by molar-refractivity contribution is 6.69. The van der Waals surface area contributed by atoms with Crippen LogP contribution >= 0.6 is 11.6 Å². The fourth-order valence-electron chi connectivity index (χ4n) is 1.64. The summed E-state index contributed by atoms with van der Waals surface area (Å²) in [5.41, 5.74) is 7.11. The van der Waals surface area contributed by atoms with E-state index < -0.39 is 0 Å². The van der Waals surface area contributed by atoms with E-state index in [-0.39, 0.29) is 0 Å². The largest absolute Gasteiger partial charge is 0.277 e. The van der Waals surface area contributed by atoms with Crippen molar-refractivity contribution in [1.29, 1.82) is 0 Å². The first-order valence-corrected chi connectivity index (χ1v) is 6.16. The van der Waals surface area contributed by atoms with Gasteiger partial charge in [-0.05, 0) is 37.6 Å². The third-order valence-electron chi connectivity index (χ3n) is 2.67. The molecule has 0 bridgehead atoms. The first-order chi connectivity index (χ1) is 8.66. The van der Waals surface area contributed by atoms with Crippen molar-refractivity contribution in [1.82, 2.24) is 0 Å². The van der Waals surface area contributed by atoms with Gasteiger partial charge in [0.1, 0.15) is 0 Å². The van der Waals surface area contributed by atoms with Crippen molar-refractivity contribution in [2.45, 2.75) is 13.8 Å². The van der Waals surface area contributed by atoms with E-state index in [1.54, 1.807) is 0 Å². The van der Waals surface area contributed by atoms with E-state index in [2.05, 4.69) is 16.6 Å². The highest BCUT2D eigenvalue weighted by Gasteiger charge is 2.04. The van der Waals surface area contributed by atoms with Crippen LogP contribution in [0.4, 0.5) is 5.69 Å². The van der Waals surface area contributed by atoms with E-state index in [0.29, 0.717) is 5.17 Å². The van der Waals surface area contributed by atoms with Gasteiger partial charge in [-0.2, -0.15) is 5.10 Å². The van der Waals surface area contributed by atoms with Crippen LogP contribution in [0, 0.1) is 13.8 Å². The molecule has 0 atom stereocenters. The molecule has 0 radical (unpaired) electrons. The quantitative estimate of drug-likeness (QED) is 0.644. The van der Waals surface area contributed by atoms with Crippen molar-refractivity contribution < 1.29 is 0 Å². The van der Waals surface area contributed by atoms with Crippen molar-refractivity contribution in [2.24, 2.45) is 5.10 Å². The van der Waals surface area contributed by atoms with Gasteiger partial charge >= 0.3 is 0 Å². The number of aryl methyl sites for hydroxylation is 2. The summed E-state index contributed by atoms with van der Waals surface area (Å²) in [5, 5.41) is 4.67. The number of halogens is 1. The van der Waals surface area contributed by atoms with Crippen LogP contribution in [0.3, 0.4) is 0 Å². The Morgan fingerprint density at radius 3 is 2.50 bits per heavy atom. The molecule has 2 rings (SSSR count). The smallest absolute Gasteiger partial charge is 0.156 e. The molecule has 0 spiro atoms. The van der Waals surface area contributed by atoms with Crippen LogP contribution in [-0.2, 0) is 0 Å². The zero-order valence-electron chi connectivity index (χ0n) is 10.4. The Morgan fingerprint density at radius 2 is 1.78 bits per heavy atom. The van der Waals surface area contributed by atoms with Gasteiger partial charge in [0.15, 0.2) is 5.17 Å². The zero-order valence-corrected chi connectivity index (χ0v) is 11.2. The van der Waals surface area contributed by atoms with E-state index in [1.807, 2.05) is 56.3 Å². The second-order valence-electron chi connectivity index (χ2n) is 4.20. The summed E-state index contributed by atoms with van der Waals surface area (Å²) in [6, 6.07) is 15.9. The van der Waals surface area contributed by atoms with Gasteiger partial charge in [-0.1, -0.05) is 47.5 Å². The molecule has 0 heterocycles. The van der Waals surface area contributed by atoms with Gasteiger partial charge in [-0.25, -0.2) is 0 Å². The summed E-state index contributed by atoms with van der Waals surface area (Å²) in [6.07, 6.45) is 0. The van der Waals surface area contributed by atoms with Gasteiger partial charge in [-0.3, -0.25) is 5.43 Å². The maximum atomic E-state index is 6.22. The number of nitrogens with zero attached hydrogens (tertiary/aromatic N) is 1. The fourth-order valence-corrected chi connectivity index (χ4v) is 1.89. The molecule has 92 valence electrons. The summed E-state index contributed by atoms with van der Waals surface area (Å²) < 4.78 is 0. The molecule has 0 amide bonds. The number of hydrogen-bond donors (Lipinski definition) is 1. The average Bonchev–Trinajstić information content (AvgIpc) is 2.40. The normalized spacial score (nSPS) is 11.4. The highest BCUT2D eigenvalue weighted by Crippen LogP contribution is 2.14. The molecule has 0 aromatic heterocycles. The minimum atomic E-state index is 0.472. The molecular weight excluding hydrogens is 244 g/mol. The summed E-state index contributed by atoms with van der Waals surface area (Å²) in [4.78, 5) is 0. The zero-order chi connectivity index (χ0) is 13.0. The maximum absolute atomic E-state index is 6.22. The third kappa shape index (κ3) is 3.11. The van der Waals surface area contributed by atoms with Crippen LogP contribution in [-0.4, -0.2) is 5.17 Å². The van der Waals surface area contributed by atoms with Crippen molar-refractivity contribution in [3.8, 4) is 0 Å². The number of nitrogens with one attached hydrogen (secondary N) is 1. The predicted molar refractivity (Wildman–Crippen MR) is 78.4 cm³/mol. The maximum Gasteiger partial charge on any atom is 0.156 e. The molecule has 0 unspecified atom stereocenters. The Morgan fingerprint density at radius 1 is 1.06 bits per heavy atom. The van der Waals surface area contributed by atoms with Gasteiger partial charge in [0.2, 0.25) is 0 Å². The monoisotopic (exact) mass is 258 g/mol. The number of anilines is 1. The summed E-state index contributed by atoms with van der Waals surface area (Å²) in [7, 11) is 0. The Balaban J connectivity index is 2.20. The lowest BCUT2D eigenvalue weighted by Crippen LogP contribution is -2.00. The van der Waals surface area contributed by atoms with Crippen LogP contribution in [0.5, 0.6) is 0 Å². The Bertz CT molecular complexity index is 562. The summed E-state index contributed by atoms with van der Waals surface area (Å²) >= 11 is 6.22.